The quantitative estimate of drug-likeness (QED) is 0.526. The molecule has 1 heterocycles. The fraction of sp³-hybridized carbons (Fsp3) is 0.250. The lowest BCUT2D eigenvalue weighted by Gasteiger charge is -2.07. The number of hydrogen-bond acceptors (Lipinski definition) is 3. The number of nitrogens with zero attached hydrogens (tertiary/aromatic N) is 1. The Bertz CT molecular complexity index is 398. The van der Waals surface area contributed by atoms with Gasteiger partial charge in [0.15, 0.2) is 0 Å². The molecule has 1 rings (SSSR count). The third-order valence-electron chi connectivity index (χ3n) is 1.54. The normalized spacial score (nSPS) is 10.5. The van der Waals surface area contributed by atoms with Gasteiger partial charge >= 0.3 is 5.97 Å². The van der Waals surface area contributed by atoms with E-state index < -0.39 is 12.4 Å². The molecule has 0 saturated carbocycles. The van der Waals surface area contributed by atoms with Crippen molar-refractivity contribution in [3.8, 4) is 0 Å². The molecule has 0 aromatic carbocycles. The average molecular weight is 439 g/mol. The van der Waals surface area contributed by atoms with Gasteiger partial charge in [-0.05, 0) is 51.2 Å². The van der Waals surface area contributed by atoms with Crippen LogP contribution in [0.2, 0.25) is 0 Å². The first-order chi connectivity index (χ1) is 6.97. The molecule has 0 N–H and O–H groups in total. The highest BCUT2D eigenvalue weighted by molar-refractivity contribution is 14.1. The van der Waals surface area contributed by atoms with E-state index in [2.05, 4.69) is 9.72 Å². The molecule has 0 unspecified atom stereocenters. The van der Waals surface area contributed by atoms with Gasteiger partial charge in [-0.1, -0.05) is 0 Å². The van der Waals surface area contributed by atoms with Crippen molar-refractivity contribution in [3.63, 3.8) is 0 Å². The molecule has 0 aliphatic heterocycles. The zero-order valence-corrected chi connectivity index (χ0v) is 11.7. The molecule has 0 bridgehead atoms. The van der Waals surface area contributed by atoms with E-state index in [1.807, 2.05) is 22.6 Å². The maximum Gasteiger partial charge on any atom is 0.356 e. The van der Waals surface area contributed by atoms with Crippen LogP contribution in [0.1, 0.15) is 22.6 Å². The highest BCUT2D eigenvalue weighted by Gasteiger charge is 2.20. The molecule has 0 saturated heterocycles. The number of carbonyl (C=O) groups excluding carboxylic acids is 1. The lowest BCUT2D eigenvalue weighted by Crippen LogP contribution is -2.09. The SMILES string of the molecule is COC(=O)c1cc(I)c(I)c(C(F)F)n1. The first-order valence-electron chi connectivity index (χ1n) is 3.69. The van der Waals surface area contributed by atoms with E-state index in [1.165, 1.54) is 13.2 Å². The molecule has 7 heteroatoms. The van der Waals surface area contributed by atoms with Crippen molar-refractivity contribution in [1.29, 1.82) is 0 Å². The Balaban J connectivity index is 3.29. The van der Waals surface area contributed by atoms with Crippen LogP contribution in [0, 0.1) is 7.14 Å². The molecule has 1 aromatic heterocycles. The number of rotatable bonds is 2. The predicted molar refractivity (Wildman–Crippen MR) is 66.0 cm³/mol. The second kappa shape index (κ2) is 5.32. The monoisotopic (exact) mass is 439 g/mol. The van der Waals surface area contributed by atoms with E-state index in [0.717, 1.165) is 0 Å². The Hall–Kier alpha value is -0.0600. The fourth-order valence-electron chi connectivity index (χ4n) is 0.871. The summed E-state index contributed by atoms with van der Waals surface area (Å²) in [6.07, 6.45) is -2.70. The molecule has 0 radical (unpaired) electrons. The number of aromatic nitrogens is 1. The van der Waals surface area contributed by atoms with Gasteiger partial charge in [0, 0.05) is 3.57 Å². The van der Waals surface area contributed by atoms with Crippen molar-refractivity contribution < 1.29 is 18.3 Å². The molecule has 3 nitrogen and oxygen atoms in total. The summed E-state index contributed by atoms with van der Waals surface area (Å²) >= 11 is 3.64. The van der Waals surface area contributed by atoms with Crippen LogP contribution in [-0.2, 0) is 4.74 Å². The molecule has 0 atom stereocenters. The van der Waals surface area contributed by atoms with Crippen LogP contribution in [0.25, 0.3) is 0 Å². The Morgan fingerprint density at radius 1 is 1.53 bits per heavy atom. The zero-order chi connectivity index (χ0) is 11.6. The van der Waals surface area contributed by atoms with Crippen molar-refractivity contribution in [2.75, 3.05) is 7.11 Å². The number of pyridine rings is 1. The molecule has 0 amide bonds. The molecular formula is C8H5F2I2NO2. The Labute approximate surface area is 112 Å². The van der Waals surface area contributed by atoms with Crippen LogP contribution in [-0.4, -0.2) is 18.1 Å². The summed E-state index contributed by atoms with van der Waals surface area (Å²) in [5, 5.41) is 0. The van der Waals surface area contributed by atoms with E-state index in [1.54, 1.807) is 22.6 Å². The molecule has 0 fully saturated rings. The standard InChI is InChI=1S/C8H5F2I2NO2/c1-15-8(14)4-2-3(11)5(12)6(13-4)7(9)10/h2,7H,1H3. The zero-order valence-electron chi connectivity index (χ0n) is 7.43. The Kier molecular flexibility index (Phi) is 4.62. The Morgan fingerprint density at radius 2 is 2.13 bits per heavy atom. The molecule has 0 aliphatic carbocycles. The van der Waals surface area contributed by atoms with E-state index in [9.17, 15) is 13.6 Å². The van der Waals surface area contributed by atoms with Gasteiger partial charge in [0.05, 0.1) is 10.7 Å². The van der Waals surface area contributed by atoms with E-state index >= 15 is 0 Å². The summed E-state index contributed by atoms with van der Waals surface area (Å²) in [5.74, 6) is -0.716. The second-order valence-electron chi connectivity index (χ2n) is 2.48. The minimum Gasteiger partial charge on any atom is -0.464 e. The third-order valence-corrected chi connectivity index (χ3v) is 4.56. The smallest absolute Gasteiger partial charge is 0.356 e. The van der Waals surface area contributed by atoms with Gasteiger partial charge in [-0.25, -0.2) is 18.6 Å². The maximum atomic E-state index is 12.5. The van der Waals surface area contributed by atoms with Gasteiger partial charge in [0.25, 0.3) is 6.43 Å². The van der Waals surface area contributed by atoms with Gasteiger partial charge in [-0.2, -0.15) is 0 Å². The molecule has 0 spiro atoms. The number of esters is 1. The molecule has 0 aliphatic rings. The van der Waals surface area contributed by atoms with E-state index in [4.69, 9.17) is 0 Å². The molecule has 1 aromatic rings. The highest BCUT2D eigenvalue weighted by Crippen LogP contribution is 2.26. The number of carbonyl (C=O) groups is 1. The van der Waals surface area contributed by atoms with Crippen molar-refractivity contribution in [2.24, 2.45) is 0 Å². The summed E-state index contributed by atoms with van der Waals surface area (Å²) in [7, 11) is 1.18. The van der Waals surface area contributed by atoms with Crippen molar-refractivity contribution in [3.05, 3.63) is 24.6 Å². The predicted octanol–water partition coefficient (Wildman–Crippen LogP) is 3.02. The van der Waals surface area contributed by atoms with Crippen LogP contribution in [0.15, 0.2) is 6.07 Å². The van der Waals surface area contributed by atoms with Crippen molar-refractivity contribution in [1.82, 2.24) is 4.98 Å². The van der Waals surface area contributed by atoms with Gasteiger partial charge in [-0.3, -0.25) is 0 Å². The first kappa shape index (κ1) is 13.0. The highest BCUT2D eigenvalue weighted by atomic mass is 127. The summed E-state index contributed by atoms with van der Waals surface area (Å²) < 4.78 is 30.4. The number of ether oxygens (including phenoxy) is 1. The van der Waals surface area contributed by atoms with Gasteiger partial charge in [0.1, 0.15) is 11.4 Å². The molecule has 82 valence electrons. The third kappa shape index (κ3) is 2.95. The molecule has 15 heavy (non-hydrogen) atoms. The summed E-state index contributed by atoms with van der Waals surface area (Å²) in [5.41, 5.74) is -0.486. The number of hydrogen-bond donors (Lipinski definition) is 0. The second-order valence-corrected chi connectivity index (χ2v) is 4.72. The summed E-state index contributed by atoms with van der Waals surface area (Å²) in [6.45, 7) is 0. The number of methoxy groups -OCH3 is 1. The lowest BCUT2D eigenvalue weighted by molar-refractivity contribution is 0.0592. The van der Waals surface area contributed by atoms with Gasteiger partial charge < -0.3 is 4.74 Å². The van der Waals surface area contributed by atoms with Crippen LogP contribution < -0.4 is 0 Å². The summed E-state index contributed by atoms with van der Waals surface area (Å²) in [6, 6.07) is 1.42. The minimum absolute atomic E-state index is 0.0994. The summed E-state index contributed by atoms with van der Waals surface area (Å²) in [4.78, 5) is 14.7. The first-order valence-corrected chi connectivity index (χ1v) is 5.85. The fourth-order valence-corrected chi connectivity index (χ4v) is 1.95. The Morgan fingerprint density at radius 3 is 2.60 bits per heavy atom. The minimum atomic E-state index is -2.70. The van der Waals surface area contributed by atoms with Crippen LogP contribution >= 0.6 is 45.2 Å². The van der Waals surface area contributed by atoms with Crippen molar-refractivity contribution >= 4 is 51.2 Å². The number of halogens is 4. The lowest BCUT2D eigenvalue weighted by atomic mass is 10.3. The van der Waals surface area contributed by atoms with Crippen LogP contribution in [0.4, 0.5) is 8.78 Å². The van der Waals surface area contributed by atoms with E-state index in [-0.39, 0.29) is 11.4 Å². The van der Waals surface area contributed by atoms with E-state index in [0.29, 0.717) is 7.14 Å². The van der Waals surface area contributed by atoms with Gasteiger partial charge in [0.2, 0.25) is 0 Å². The van der Waals surface area contributed by atoms with Crippen LogP contribution in [0.5, 0.6) is 0 Å². The van der Waals surface area contributed by atoms with Gasteiger partial charge in [-0.15, -0.1) is 0 Å². The van der Waals surface area contributed by atoms with Crippen molar-refractivity contribution in [2.45, 2.75) is 6.43 Å². The maximum absolute atomic E-state index is 12.5. The topological polar surface area (TPSA) is 39.2 Å². The average Bonchev–Trinajstić information content (AvgIpc) is 2.20. The van der Waals surface area contributed by atoms with Crippen LogP contribution in [0.3, 0.4) is 0 Å². The number of alkyl halides is 2. The molecular weight excluding hydrogens is 434 g/mol. The largest absolute Gasteiger partial charge is 0.464 e.